The maximum Gasteiger partial charge on any atom is 0.317 e. The van der Waals surface area contributed by atoms with Crippen LogP contribution in [0.1, 0.15) is 12.8 Å². The van der Waals surface area contributed by atoms with Crippen LogP contribution in [0.25, 0.3) is 0 Å². The minimum absolute atomic E-state index is 0.0317. The second-order valence-corrected chi connectivity index (χ2v) is 6.16. The lowest BCUT2D eigenvalue weighted by atomic mass is 10.0. The van der Waals surface area contributed by atoms with E-state index in [1.165, 1.54) is 0 Å². The van der Waals surface area contributed by atoms with Crippen LogP contribution < -0.4 is 5.32 Å². The van der Waals surface area contributed by atoms with Crippen molar-refractivity contribution in [2.45, 2.75) is 18.9 Å². The Balaban J connectivity index is 1.77. The Morgan fingerprint density at radius 1 is 1.35 bits per heavy atom. The normalized spacial score (nSPS) is 15.7. The van der Waals surface area contributed by atoms with Gasteiger partial charge in [-0.25, -0.2) is 0 Å². The number of nitrogens with one attached hydrogen (secondary N) is 1. The summed E-state index contributed by atoms with van der Waals surface area (Å²) >= 11 is 6.05. The first kappa shape index (κ1) is 17.6. The topological polar surface area (TPSA) is 72.9 Å². The zero-order valence-corrected chi connectivity index (χ0v) is 13.9. The molecule has 0 unspecified atom stereocenters. The number of hydrogen-bond donors (Lipinski definition) is 2. The predicted molar refractivity (Wildman–Crippen MR) is 89.8 cm³/mol. The Bertz CT molecular complexity index is 559. The molecule has 1 amide bonds. The van der Waals surface area contributed by atoms with Crippen LogP contribution in [0.4, 0.5) is 5.69 Å². The van der Waals surface area contributed by atoms with Gasteiger partial charge in [-0.05, 0) is 32.0 Å². The molecule has 7 heteroatoms. The lowest BCUT2D eigenvalue weighted by Crippen LogP contribution is -2.47. The van der Waals surface area contributed by atoms with Crippen LogP contribution in [0.3, 0.4) is 0 Å². The van der Waals surface area contributed by atoms with Gasteiger partial charge in [0.25, 0.3) is 0 Å². The van der Waals surface area contributed by atoms with Gasteiger partial charge in [-0.1, -0.05) is 23.7 Å². The first-order chi connectivity index (χ1) is 11.0. The van der Waals surface area contributed by atoms with Gasteiger partial charge >= 0.3 is 5.97 Å². The third-order valence-electron chi connectivity index (χ3n) is 4.13. The number of likely N-dealkylation sites (N-methyl/N-ethyl adjacent to an activating group) is 1. The zero-order chi connectivity index (χ0) is 16.8. The Kier molecular flexibility index (Phi) is 6.24. The largest absolute Gasteiger partial charge is 0.480 e. The number of nitrogens with zero attached hydrogens (tertiary/aromatic N) is 2. The third-order valence-corrected chi connectivity index (χ3v) is 4.46. The second-order valence-electron chi connectivity index (χ2n) is 5.75. The van der Waals surface area contributed by atoms with E-state index in [1.54, 1.807) is 6.07 Å². The van der Waals surface area contributed by atoms with Crippen molar-refractivity contribution < 1.29 is 14.7 Å². The summed E-state index contributed by atoms with van der Waals surface area (Å²) in [6.45, 7) is 1.54. The van der Waals surface area contributed by atoms with Crippen molar-refractivity contribution in [3.63, 3.8) is 0 Å². The van der Waals surface area contributed by atoms with E-state index in [4.69, 9.17) is 16.7 Å². The Morgan fingerprint density at radius 2 is 2.00 bits per heavy atom. The molecule has 2 N–H and O–H groups in total. The highest BCUT2D eigenvalue weighted by atomic mass is 35.5. The van der Waals surface area contributed by atoms with Gasteiger partial charge in [-0.2, -0.15) is 0 Å². The third kappa shape index (κ3) is 5.11. The number of aliphatic carboxylic acids is 1. The molecular formula is C16H22ClN3O3. The summed E-state index contributed by atoms with van der Waals surface area (Å²) in [5, 5.41) is 12.5. The maximum atomic E-state index is 12.2. The fraction of sp³-hybridized carbons (Fsp3) is 0.500. The van der Waals surface area contributed by atoms with Gasteiger partial charge in [0.1, 0.15) is 0 Å². The van der Waals surface area contributed by atoms with Gasteiger partial charge in [-0.15, -0.1) is 0 Å². The first-order valence-corrected chi connectivity index (χ1v) is 8.03. The minimum atomic E-state index is -0.824. The number of carbonyl (C=O) groups is 2. The number of amides is 1. The molecule has 0 spiro atoms. The van der Waals surface area contributed by atoms with Crippen LogP contribution in [0.5, 0.6) is 0 Å². The highest BCUT2D eigenvalue weighted by Gasteiger charge is 2.25. The molecule has 0 aliphatic carbocycles. The molecule has 1 saturated heterocycles. The van der Waals surface area contributed by atoms with Crippen LogP contribution in [-0.4, -0.2) is 66.1 Å². The summed E-state index contributed by atoms with van der Waals surface area (Å²) in [5.74, 6) is -0.792. The molecule has 0 aromatic heterocycles. The molecule has 126 valence electrons. The van der Waals surface area contributed by atoms with Crippen molar-refractivity contribution in [1.29, 1.82) is 0 Å². The highest BCUT2D eigenvalue weighted by Crippen LogP contribution is 2.20. The van der Waals surface area contributed by atoms with Crippen molar-refractivity contribution in [2.75, 3.05) is 38.5 Å². The van der Waals surface area contributed by atoms with Gasteiger partial charge in [0.15, 0.2) is 0 Å². The quantitative estimate of drug-likeness (QED) is 0.826. The van der Waals surface area contributed by atoms with Crippen molar-refractivity contribution in [2.24, 2.45) is 0 Å². The van der Waals surface area contributed by atoms with E-state index in [0.29, 0.717) is 18.1 Å². The molecule has 6 nitrogen and oxygen atoms in total. The molecule has 1 aliphatic heterocycles. The maximum absolute atomic E-state index is 12.2. The summed E-state index contributed by atoms with van der Waals surface area (Å²) in [5.41, 5.74) is 0.749. The van der Waals surface area contributed by atoms with E-state index < -0.39 is 5.97 Å². The average Bonchev–Trinajstić information content (AvgIpc) is 2.53. The lowest BCUT2D eigenvalue weighted by Gasteiger charge is -2.36. The summed E-state index contributed by atoms with van der Waals surface area (Å²) in [6, 6.07) is 7.53. The van der Waals surface area contributed by atoms with Gasteiger partial charge in [0.05, 0.1) is 23.8 Å². The molecule has 1 aromatic rings. The van der Waals surface area contributed by atoms with E-state index in [2.05, 4.69) is 5.32 Å². The van der Waals surface area contributed by atoms with E-state index in [1.807, 2.05) is 35.0 Å². The van der Waals surface area contributed by atoms with Gasteiger partial charge < -0.3 is 15.3 Å². The standard InChI is InChI=1S/C16H22ClN3O3/c1-19(11-16(22)23)12-6-8-20(9-7-12)15(21)10-18-14-5-3-2-4-13(14)17/h2-5,12,18H,6-11H2,1H3,(H,22,23). The molecule has 0 atom stereocenters. The SMILES string of the molecule is CN(CC(=O)O)C1CCN(C(=O)CNc2ccccc2Cl)CC1. The number of carboxylic acid groups (broad SMARTS) is 1. The summed E-state index contributed by atoms with van der Waals surface area (Å²) in [6.07, 6.45) is 1.59. The van der Waals surface area contributed by atoms with Crippen LogP contribution in [0.2, 0.25) is 5.02 Å². The molecule has 0 saturated carbocycles. The number of piperidine rings is 1. The number of rotatable bonds is 6. The highest BCUT2D eigenvalue weighted by molar-refractivity contribution is 6.33. The number of hydrogen-bond acceptors (Lipinski definition) is 4. The van der Waals surface area contributed by atoms with Crippen molar-refractivity contribution >= 4 is 29.2 Å². The van der Waals surface area contributed by atoms with E-state index in [9.17, 15) is 9.59 Å². The summed E-state index contributed by atoms with van der Waals surface area (Å²) in [7, 11) is 1.81. The molecule has 0 radical (unpaired) electrons. The molecule has 1 aromatic carbocycles. The molecule has 1 aliphatic rings. The fourth-order valence-electron chi connectivity index (χ4n) is 2.79. The molecule has 1 fully saturated rings. The fourth-order valence-corrected chi connectivity index (χ4v) is 2.99. The van der Waals surface area contributed by atoms with Crippen LogP contribution in [0.15, 0.2) is 24.3 Å². The number of carbonyl (C=O) groups excluding carboxylic acids is 1. The Morgan fingerprint density at radius 3 is 2.61 bits per heavy atom. The van der Waals surface area contributed by atoms with E-state index in [-0.39, 0.29) is 25.0 Å². The Hall–Kier alpha value is -1.79. The average molecular weight is 340 g/mol. The van der Waals surface area contributed by atoms with Crippen molar-refractivity contribution in [3.8, 4) is 0 Å². The van der Waals surface area contributed by atoms with Gasteiger partial charge in [0.2, 0.25) is 5.91 Å². The number of para-hydroxylation sites is 1. The molecule has 0 bridgehead atoms. The number of carboxylic acids is 1. The van der Waals surface area contributed by atoms with E-state index in [0.717, 1.165) is 18.5 Å². The predicted octanol–water partition coefficient (Wildman–Crippen LogP) is 1.76. The second kappa shape index (κ2) is 8.17. The molecular weight excluding hydrogens is 318 g/mol. The molecule has 2 rings (SSSR count). The number of anilines is 1. The van der Waals surface area contributed by atoms with Gasteiger partial charge in [0, 0.05) is 19.1 Å². The van der Waals surface area contributed by atoms with Crippen LogP contribution in [-0.2, 0) is 9.59 Å². The number of benzene rings is 1. The number of halogens is 1. The monoisotopic (exact) mass is 339 g/mol. The molecule has 23 heavy (non-hydrogen) atoms. The van der Waals surface area contributed by atoms with Crippen molar-refractivity contribution in [1.82, 2.24) is 9.80 Å². The number of likely N-dealkylation sites (tertiary alicyclic amines) is 1. The zero-order valence-electron chi connectivity index (χ0n) is 13.2. The minimum Gasteiger partial charge on any atom is -0.480 e. The summed E-state index contributed by atoms with van der Waals surface area (Å²) < 4.78 is 0. The van der Waals surface area contributed by atoms with Gasteiger partial charge in [-0.3, -0.25) is 14.5 Å². The first-order valence-electron chi connectivity index (χ1n) is 7.65. The molecule has 1 heterocycles. The smallest absolute Gasteiger partial charge is 0.317 e. The van der Waals surface area contributed by atoms with Crippen LogP contribution >= 0.6 is 11.6 Å². The summed E-state index contributed by atoms with van der Waals surface area (Å²) in [4.78, 5) is 26.7. The van der Waals surface area contributed by atoms with Crippen LogP contribution in [0, 0.1) is 0 Å². The Labute approximate surface area is 141 Å². The van der Waals surface area contributed by atoms with E-state index >= 15 is 0 Å². The lowest BCUT2D eigenvalue weighted by molar-refractivity contribution is -0.139. The van der Waals surface area contributed by atoms with Crippen molar-refractivity contribution in [3.05, 3.63) is 29.3 Å².